The smallest absolute Gasteiger partial charge is 0.277 e. The molecule has 2 rings (SSSR count). The van der Waals surface area contributed by atoms with Crippen LogP contribution in [0.4, 0.5) is 5.82 Å². The van der Waals surface area contributed by atoms with Gasteiger partial charge in [0, 0.05) is 11.9 Å². The van der Waals surface area contributed by atoms with E-state index in [9.17, 15) is 9.90 Å². The molecule has 0 aliphatic rings. The molecule has 0 atom stereocenters. The van der Waals surface area contributed by atoms with E-state index in [1.165, 1.54) is 12.3 Å². The Balaban J connectivity index is 2.15. The molecular weight excluding hydrogens is 232 g/mol. The van der Waals surface area contributed by atoms with E-state index in [4.69, 9.17) is 0 Å². The first kappa shape index (κ1) is 12.1. The number of aromatic hydroxyl groups is 1. The highest BCUT2D eigenvalue weighted by molar-refractivity contribution is 6.03. The molecule has 3 N–H and O–H groups in total. The van der Waals surface area contributed by atoms with Gasteiger partial charge in [0.25, 0.3) is 5.91 Å². The zero-order valence-electron chi connectivity index (χ0n) is 10.1. The SMILES string of the molecule is CC(C)c1cc(C(=O)Nc2ncccc2O)n[nH]1. The second-order valence-electron chi connectivity index (χ2n) is 4.19. The average Bonchev–Trinajstić information content (AvgIpc) is 2.81. The van der Waals surface area contributed by atoms with Crippen molar-refractivity contribution in [3.63, 3.8) is 0 Å². The van der Waals surface area contributed by atoms with Gasteiger partial charge in [-0.05, 0) is 24.1 Å². The fraction of sp³-hybridized carbons (Fsp3) is 0.250. The number of hydrogen-bond donors (Lipinski definition) is 3. The zero-order chi connectivity index (χ0) is 13.1. The molecule has 0 saturated carbocycles. The van der Waals surface area contributed by atoms with Crippen LogP contribution in [0.5, 0.6) is 5.75 Å². The molecule has 0 aromatic carbocycles. The molecule has 0 radical (unpaired) electrons. The topological polar surface area (TPSA) is 90.9 Å². The molecule has 0 unspecified atom stereocenters. The Morgan fingerprint density at radius 3 is 2.89 bits per heavy atom. The molecular formula is C12H14N4O2. The van der Waals surface area contributed by atoms with Gasteiger partial charge in [0.05, 0.1) is 0 Å². The molecule has 0 aliphatic heterocycles. The quantitative estimate of drug-likeness (QED) is 0.771. The molecule has 0 spiro atoms. The predicted molar refractivity (Wildman–Crippen MR) is 66.5 cm³/mol. The fourth-order valence-corrected chi connectivity index (χ4v) is 1.41. The van der Waals surface area contributed by atoms with Gasteiger partial charge >= 0.3 is 0 Å². The lowest BCUT2D eigenvalue weighted by Crippen LogP contribution is -2.13. The molecule has 18 heavy (non-hydrogen) atoms. The monoisotopic (exact) mass is 246 g/mol. The third kappa shape index (κ3) is 2.48. The first-order valence-electron chi connectivity index (χ1n) is 5.58. The molecule has 0 fully saturated rings. The Morgan fingerprint density at radius 1 is 1.50 bits per heavy atom. The van der Waals surface area contributed by atoms with Crippen LogP contribution in [0.1, 0.15) is 35.9 Å². The van der Waals surface area contributed by atoms with Crippen LogP contribution in [0.2, 0.25) is 0 Å². The van der Waals surface area contributed by atoms with Gasteiger partial charge in [-0.15, -0.1) is 0 Å². The lowest BCUT2D eigenvalue weighted by atomic mass is 10.1. The largest absolute Gasteiger partial charge is 0.504 e. The number of anilines is 1. The molecule has 1 amide bonds. The lowest BCUT2D eigenvalue weighted by molar-refractivity contribution is 0.102. The number of nitrogens with zero attached hydrogens (tertiary/aromatic N) is 2. The number of carbonyl (C=O) groups is 1. The third-order valence-electron chi connectivity index (χ3n) is 2.47. The Labute approximate surface area is 104 Å². The summed E-state index contributed by atoms with van der Waals surface area (Å²) in [6.45, 7) is 4.00. The van der Waals surface area contributed by atoms with Crippen molar-refractivity contribution in [2.24, 2.45) is 0 Å². The minimum absolute atomic E-state index is 0.0783. The minimum atomic E-state index is -0.410. The number of H-pyrrole nitrogens is 1. The van der Waals surface area contributed by atoms with E-state index >= 15 is 0 Å². The third-order valence-corrected chi connectivity index (χ3v) is 2.47. The van der Waals surface area contributed by atoms with E-state index in [0.717, 1.165) is 5.69 Å². The number of aromatic nitrogens is 3. The van der Waals surface area contributed by atoms with Crippen LogP contribution in [0.15, 0.2) is 24.4 Å². The van der Waals surface area contributed by atoms with Crippen LogP contribution in [-0.4, -0.2) is 26.2 Å². The Bertz CT molecular complexity index is 563. The van der Waals surface area contributed by atoms with E-state index < -0.39 is 5.91 Å². The van der Waals surface area contributed by atoms with Gasteiger partial charge in [-0.25, -0.2) is 4.98 Å². The van der Waals surface area contributed by atoms with Gasteiger partial charge in [-0.1, -0.05) is 13.8 Å². The molecule has 2 heterocycles. The maximum atomic E-state index is 11.9. The summed E-state index contributed by atoms with van der Waals surface area (Å²) in [5, 5.41) is 18.7. The Kier molecular flexibility index (Phi) is 3.27. The molecule has 2 aromatic rings. The zero-order valence-corrected chi connectivity index (χ0v) is 10.1. The highest BCUT2D eigenvalue weighted by Crippen LogP contribution is 2.19. The van der Waals surface area contributed by atoms with Gasteiger partial charge < -0.3 is 10.4 Å². The normalized spacial score (nSPS) is 10.6. The van der Waals surface area contributed by atoms with Crippen LogP contribution in [0.3, 0.4) is 0 Å². The van der Waals surface area contributed by atoms with Crippen LogP contribution in [-0.2, 0) is 0 Å². The summed E-state index contributed by atoms with van der Waals surface area (Å²) in [5.41, 5.74) is 1.15. The molecule has 2 aromatic heterocycles. The molecule has 0 saturated heterocycles. The summed E-state index contributed by atoms with van der Waals surface area (Å²) < 4.78 is 0. The second-order valence-corrected chi connectivity index (χ2v) is 4.19. The van der Waals surface area contributed by atoms with Crippen LogP contribution >= 0.6 is 0 Å². The first-order valence-corrected chi connectivity index (χ1v) is 5.58. The van der Waals surface area contributed by atoms with Gasteiger partial charge in [0.1, 0.15) is 0 Å². The number of aromatic amines is 1. The number of rotatable bonds is 3. The van der Waals surface area contributed by atoms with E-state index in [2.05, 4.69) is 20.5 Å². The van der Waals surface area contributed by atoms with Gasteiger partial charge in [0.15, 0.2) is 17.3 Å². The van der Waals surface area contributed by atoms with Gasteiger partial charge in [0.2, 0.25) is 0 Å². The average molecular weight is 246 g/mol. The second kappa shape index (κ2) is 4.87. The molecule has 0 aliphatic carbocycles. The number of carbonyl (C=O) groups excluding carboxylic acids is 1. The van der Waals surface area contributed by atoms with E-state index in [0.29, 0.717) is 0 Å². The van der Waals surface area contributed by atoms with E-state index in [1.54, 1.807) is 12.1 Å². The van der Waals surface area contributed by atoms with Crippen LogP contribution in [0, 0.1) is 0 Å². The summed E-state index contributed by atoms with van der Waals surface area (Å²) >= 11 is 0. The van der Waals surface area contributed by atoms with Crippen molar-refractivity contribution in [3.8, 4) is 5.75 Å². The lowest BCUT2D eigenvalue weighted by Gasteiger charge is -2.03. The highest BCUT2D eigenvalue weighted by atomic mass is 16.3. The van der Waals surface area contributed by atoms with Crippen molar-refractivity contribution in [2.75, 3.05) is 5.32 Å². The Hall–Kier alpha value is -2.37. The van der Waals surface area contributed by atoms with Crippen molar-refractivity contribution in [2.45, 2.75) is 19.8 Å². The van der Waals surface area contributed by atoms with E-state index in [-0.39, 0.29) is 23.2 Å². The maximum Gasteiger partial charge on any atom is 0.277 e. The van der Waals surface area contributed by atoms with E-state index in [1.807, 2.05) is 13.8 Å². The van der Waals surface area contributed by atoms with Crippen LogP contribution in [0.25, 0.3) is 0 Å². The van der Waals surface area contributed by atoms with Gasteiger partial charge in [-0.2, -0.15) is 5.10 Å². The number of pyridine rings is 1. The van der Waals surface area contributed by atoms with Gasteiger partial charge in [-0.3, -0.25) is 9.89 Å². The summed E-state index contributed by atoms with van der Waals surface area (Å²) in [7, 11) is 0. The molecule has 0 bridgehead atoms. The van der Waals surface area contributed by atoms with Crippen LogP contribution < -0.4 is 5.32 Å². The predicted octanol–water partition coefficient (Wildman–Crippen LogP) is 1.89. The summed E-state index contributed by atoms with van der Waals surface area (Å²) in [5.74, 6) is -0.100. The fourth-order valence-electron chi connectivity index (χ4n) is 1.41. The molecule has 6 nitrogen and oxygen atoms in total. The molecule has 6 heteroatoms. The summed E-state index contributed by atoms with van der Waals surface area (Å²) in [6.07, 6.45) is 1.49. The molecule has 94 valence electrons. The van der Waals surface area contributed by atoms with Crippen molar-refractivity contribution in [1.29, 1.82) is 0 Å². The van der Waals surface area contributed by atoms with Crippen molar-refractivity contribution in [1.82, 2.24) is 15.2 Å². The summed E-state index contributed by atoms with van der Waals surface area (Å²) in [6, 6.07) is 4.71. The van der Waals surface area contributed by atoms with Crippen molar-refractivity contribution in [3.05, 3.63) is 35.8 Å². The number of nitrogens with one attached hydrogen (secondary N) is 2. The Morgan fingerprint density at radius 2 is 2.28 bits per heavy atom. The van der Waals surface area contributed by atoms with Crippen molar-refractivity contribution < 1.29 is 9.90 Å². The van der Waals surface area contributed by atoms with Crippen molar-refractivity contribution >= 4 is 11.7 Å². The maximum absolute atomic E-state index is 11.9. The minimum Gasteiger partial charge on any atom is -0.504 e. The number of hydrogen-bond acceptors (Lipinski definition) is 4. The summed E-state index contributed by atoms with van der Waals surface area (Å²) in [4.78, 5) is 15.7. The standard InChI is InChI=1S/C12H14N4O2/c1-7(2)8-6-9(16-15-8)12(18)14-11-10(17)4-3-5-13-11/h3-7,17H,1-2H3,(H,15,16)(H,13,14,18). The highest BCUT2D eigenvalue weighted by Gasteiger charge is 2.14. The number of amides is 1. The first-order chi connectivity index (χ1) is 8.58.